The predicted octanol–water partition coefficient (Wildman–Crippen LogP) is 1.35. The van der Waals surface area contributed by atoms with Gasteiger partial charge in [-0.15, -0.1) is 0 Å². The van der Waals surface area contributed by atoms with Gasteiger partial charge in [0.2, 0.25) is 11.8 Å². The third-order valence-electron chi connectivity index (χ3n) is 2.89. The van der Waals surface area contributed by atoms with E-state index in [0.29, 0.717) is 13.0 Å². The van der Waals surface area contributed by atoms with Crippen LogP contribution < -0.4 is 10.6 Å². The van der Waals surface area contributed by atoms with Crippen LogP contribution in [0.4, 0.5) is 0 Å². The zero-order chi connectivity index (χ0) is 11.8. The Morgan fingerprint density at radius 2 is 2.00 bits per heavy atom. The molecular formula is C12H22N2O2. The second-order valence-electron chi connectivity index (χ2n) is 4.38. The number of hydrogen-bond donors (Lipinski definition) is 2. The molecule has 0 radical (unpaired) electrons. The Balaban J connectivity index is 1.92. The highest BCUT2D eigenvalue weighted by Gasteiger charge is 2.28. The van der Waals surface area contributed by atoms with Gasteiger partial charge in [-0.2, -0.15) is 0 Å². The molecule has 1 aliphatic heterocycles. The molecule has 4 nitrogen and oxygen atoms in total. The minimum absolute atomic E-state index is 0.00958. The van der Waals surface area contributed by atoms with Crippen molar-refractivity contribution in [2.45, 2.75) is 57.9 Å². The lowest BCUT2D eigenvalue weighted by atomic mass is 10.1. The van der Waals surface area contributed by atoms with Gasteiger partial charge in [0, 0.05) is 13.0 Å². The fourth-order valence-electron chi connectivity index (χ4n) is 1.74. The third-order valence-corrected chi connectivity index (χ3v) is 2.89. The van der Waals surface area contributed by atoms with E-state index in [-0.39, 0.29) is 17.9 Å². The maximum Gasteiger partial charge on any atom is 0.244 e. The minimum atomic E-state index is -0.271. The summed E-state index contributed by atoms with van der Waals surface area (Å²) in [4.78, 5) is 22.3. The van der Waals surface area contributed by atoms with Crippen LogP contribution in [0.2, 0.25) is 0 Å². The Bertz CT molecular complexity index is 241. The standard InChI is InChI=1S/C12H22N2O2/c1-2-3-4-5-6-7-8-11(15)14-10-9-13-12(10)16/h10H,2-9H2,1H3,(H,13,16)(H,14,15)/t10-/m1/s1. The monoisotopic (exact) mass is 226 g/mol. The van der Waals surface area contributed by atoms with E-state index in [1.807, 2.05) is 0 Å². The van der Waals surface area contributed by atoms with Crippen LogP contribution in [0.5, 0.6) is 0 Å². The predicted molar refractivity (Wildman–Crippen MR) is 62.9 cm³/mol. The molecule has 1 rings (SSSR count). The highest BCUT2D eigenvalue weighted by Crippen LogP contribution is 2.07. The van der Waals surface area contributed by atoms with Crippen LogP contribution in [0.1, 0.15) is 51.9 Å². The van der Waals surface area contributed by atoms with Crippen LogP contribution in [0.15, 0.2) is 0 Å². The summed E-state index contributed by atoms with van der Waals surface area (Å²) in [6.45, 7) is 2.78. The first kappa shape index (κ1) is 13.0. The molecule has 1 saturated heterocycles. The number of β-lactam (4-membered cyclic amide) rings is 1. The van der Waals surface area contributed by atoms with Gasteiger partial charge in [-0.05, 0) is 6.42 Å². The zero-order valence-electron chi connectivity index (χ0n) is 10.1. The van der Waals surface area contributed by atoms with Crippen molar-refractivity contribution in [2.75, 3.05) is 6.54 Å². The summed E-state index contributed by atoms with van der Waals surface area (Å²) in [5.74, 6) is -0.0494. The first-order valence-electron chi connectivity index (χ1n) is 6.31. The molecule has 4 heteroatoms. The van der Waals surface area contributed by atoms with E-state index in [9.17, 15) is 9.59 Å². The van der Waals surface area contributed by atoms with E-state index < -0.39 is 0 Å². The topological polar surface area (TPSA) is 58.2 Å². The molecule has 0 saturated carbocycles. The van der Waals surface area contributed by atoms with Crippen LogP contribution in [0.3, 0.4) is 0 Å². The molecule has 92 valence electrons. The van der Waals surface area contributed by atoms with Gasteiger partial charge in [-0.3, -0.25) is 9.59 Å². The van der Waals surface area contributed by atoms with E-state index in [0.717, 1.165) is 12.8 Å². The van der Waals surface area contributed by atoms with Gasteiger partial charge in [-0.1, -0.05) is 39.0 Å². The molecule has 0 aromatic rings. The number of hydrogen-bond acceptors (Lipinski definition) is 2. The molecule has 1 heterocycles. The maximum absolute atomic E-state index is 11.4. The van der Waals surface area contributed by atoms with E-state index in [1.54, 1.807) is 0 Å². The van der Waals surface area contributed by atoms with Crippen molar-refractivity contribution >= 4 is 11.8 Å². The van der Waals surface area contributed by atoms with Gasteiger partial charge in [-0.25, -0.2) is 0 Å². The van der Waals surface area contributed by atoms with Gasteiger partial charge in [0.15, 0.2) is 0 Å². The van der Waals surface area contributed by atoms with Gasteiger partial charge in [0.25, 0.3) is 0 Å². The number of nitrogens with one attached hydrogen (secondary N) is 2. The number of unbranched alkanes of at least 4 members (excludes halogenated alkanes) is 5. The minimum Gasteiger partial charge on any atom is -0.352 e. The average molecular weight is 226 g/mol. The molecule has 0 spiro atoms. The number of rotatable bonds is 8. The Labute approximate surface area is 97.2 Å². The highest BCUT2D eigenvalue weighted by molar-refractivity contribution is 5.92. The highest BCUT2D eigenvalue weighted by atomic mass is 16.2. The Kier molecular flexibility index (Phi) is 5.90. The lowest BCUT2D eigenvalue weighted by Crippen LogP contribution is -2.61. The molecule has 2 amide bonds. The van der Waals surface area contributed by atoms with Crippen LogP contribution in [-0.2, 0) is 9.59 Å². The van der Waals surface area contributed by atoms with Gasteiger partial charge in [0.1, 0.15) is 6.04 Å². The molecule has 1 atom stereocenters. The van der Waals surface area contributed by atoms with Crippen molar-refractivity contribution in [3.63, 3.8) is 0 Å². The van der Waals surface area contributed by atoms with Crippen LogP contribution in [0, 0.1) is 0 Å². The molecule has 0 aromatic heterocycles. The Morgan fingerprint density at radius 3 is 2.56 bits per heavy atom. The quantitative estimate of drug-likeness (QED) is 0.485. The molecule has 0 unspecified atom stereocenters. The molecule has 0 aromatic carbocycles. The average Bonchev–Trinajstić information content (AvgIpc) is 2.28. The smallest absolute Gasteiger partial charge is 0.244 e. The first-order chi connectivity index (χ1) is 7.74. The van der Waals surface area contributed by atoms with E-state index in [2.05, 4.69) is 17.6 Å². The van der Waals surface area contributed by atoms with Crippen molar-refractivity contribution in [3.8, 4) is 0 Å². The van der Waals surface area contributed by atoms with Gasteiger partial charge >= 0.3 is 0 Å². The SMILES string of the molecule is CCCCCCCCC(=O)N[C@@H]1CNC1=O. The summed E-state index contributed by atoms with van der Waals surface area (Å²) in [6.07, 6.45) is 7.62. The Morgan fingerprint density at radius 1 is 1.31 bits per heavy atom. The molecule has 0 bridgehead atoms. The van der Waals surface area contributed by atoms with Crippen molar-refractivity contribution in [3.05, 3.63) is 0 Å². The fourth-order valence-corrected chi connectivity index (χ4v) is 1.74. The summed E-state index contributed by atoms with van der Waals surface area (Å²) in [6, 6.07) is -0.271. The van der Waals surface area contributed by atoms with Crippen molar-refractivity contribution < 1.29 is 9.59 Å². The molecule has 2 N–H and O–H groups in total. The first-order valence-corrected chi connectivity index (χ1v) is 6.31. The van der Waals surface area contributed by atoms with Crippen molar-refractivity contribution in [1.82, 2.24) is 10.6 Å². The van der Waals surface area contributed by atoms with Crippen LogP contribution >= 0.6 is 0 Å². The summed E-state index contributed by atoms with van der Waals surface area (Å²) in [5, 5.41) is 5.32. The zero-order valence-corrected chi connectivity index (χ0v) is 10.1. The van der Waals surface area contributed by atoms with Gasteiger partial charge in [0.05, 0.1) is 0 Å². The fraction of sp³-hybridized carbons (Fsp3) is 0.833. The van der Waals surface area contributed by atoms with E-state index >= 15 is 0 Å². The van der Waals surface area contributed by atoms with Crippen molar-refractivity contribution in [2.24, 2.45) is 0 Å². The lowest BCUT2D eigenvalue weighted by molar-refractivity contribution is -0.133. The van der Waals surface area contributed by atoms with E-state index in [4.69, 9.17) is 0 Å². The lowest BCUT2D eigenvalue weighted by Gasteiger charge is -2.26. The van der Waals surface area contributed by atoms with Crippen molar-refractivity contribution in [1.29, 1.82) is 0 Å². The molecular weight excluding hydrogens is 204 g/mol. The third kappa shape index (κ3) is 4.64. The Hall–Kier alpha value is -1.06. The summed E-state index contributed by atoms with van der Waals surface area (Å²) in [7, 11) is 0. The van der Waals surface area contributed by atoms with E-state index in [1.165, 1.54) is 25.7 Å². The summed E-state index contributed by atoms with van der Waals surface area (Å²) >= 11 is 0. The number of carbonyl (C=O) groups excluding carboxylic acids is 2. The molecule has 0 aliphatic carbocycles. The molecule has 16 heavy (non-hydrogen) atoms. The number of amides is 2. The largest absolute Gasteiger partial charge is 0.352 e. The summed E-state index contributed by atoms with van der Waals surface area (Å²) < 4.78 is 0. The second-order valence-corrected chi connectivity index (χ2v) is 4.38. The second kappa shape index (κ2) is 7.25. The summed E-state index contributed by atoms with van der Waals surface area (Å²) in [5.41, 5.74) is 0. The van der Waals surface area contributed by atoms with Crippen LogP contribution in [-0.4, -0.2) is 24.4 Å². The van der Waals surface area contributed by atoms with Gasteiger partial charge < -0.3 is 10.6 Å². The maximum atomic E-state index is 11.4. The van der Waals surface area contributed by atoms with Crippen LogP contribution in [0.25, 0.3) is 0 Å². The normalized spacial score (nSPS) is 18.8. The number of carbonyl (C=O) groups is 2. The molecule has 1 aliphatic rings. The molecule has 1 fully saturated rings.